The summed E-state index contributed by atoms with van der Waals surface area (Å²) in [5, 5.41) is 43.1. The van der Waals surface area contributed by atoms with Gasteiger partial charge in [-0.1, -0.05) is 91.0 Å². The van der Waals surface area contributed by atoms with Gasteiger partial charge in [0.25, 0.3) is 0 Å². The molecule has 6 heteroatoms. The van der Waals surface area contributed by atoms with E-state index in [1.165, 1.54) is 19.3 Å². The molecule has 0 saturated carbocycles. The van der Waals surface area contributed by atoms with Gasteiger partial charge < -0.3 is 25.2 Å². The van der Waals surface area contributed by atoms with Crippen molar-refractivity contribution in [2.45, 2.75) is 31.3 Å². The number of aliphatic hydroxyl groups is 1. The number of aromatic hydroxyl groups is 3. The molecule has 0 aliphatic heterocycles. The fraction of sp³-hybridized carbons (Fsp3) is 0.171. The third-order valence-corrected chi connectivity index (χ3v) is 6.90. The minimum atomic E-state index is -0.761. The van der Waals surface area contributed by atoms with Crippen LogP contribution >= 0.6 is 0 Å². The van der Waals surface area contributed by atoms with Crippen molar-refractivity contribution in [3.8, 4) is 23.0 Å². The van der Waals surface area contributed by atoms with Crippen LogP contribution in [0.1, 0.15) is 51.4 Å². The number of carbonyl (C=O) groups is 1. The van der Waals surface area contributed by atoms with Gasteiger partial charge in [-0.25, -0.2) is 0 Å². The number of rotatable bonds is 12. The van der Waals surface area contributed by atoms with E-state index < -0.39 is 23.6 Å². The van der Waals surface area contributed by atoms with Crippen LogP contribution in [0, 0.1) is 0 Å². The Morgan fingerprint density at radius 3 is 2.15 bits per heavy atom. The molecule has 210 valence electrons. The maximum absolute atomic E-state index is 13.3. The van der Waals surface area contributed by atoms with Gasteiger partial charge >= 0.3 is 0 Å². The predicted octanol–water partition coefficient (Wildman–Crippen LogP) is 6.89. The average molecular weight is 551 g/mol. The maximum Gasteiger partial charge on any atom is 0.193 e. The van der Waals surface area contributed by atoms with E-state index in [2.05, 4.69) is 0 Å². The van der Waals surface area contributed by atoms with Crippen molar-refractivity contribution in [2.24, 2.45) is 0 Å². The van der Waals surface area contributed by atoms with E-state index in [4.69, 9.17) is 4.74 Å². The molecule has 0 amide bonds. The summed E-state index contributed by atoms with van der Waals surface area (Å²) in [6.07, 6.45) is 7.10. The molecule has 0 radical (unpaired) electrons. The van der Waals surface area contributed by atoms with Crippen LogP contribution in [0.2, 0.25) is 0 Å². The second kappa shape index (κ2) is 14.0. The minimum absolute atomic E-state index is 0.0392. The van der Waals surface area contributed by atoms with Gasteiger partial charge in [0.15, 0.2) is 5.78 Å². The molecule has 0 aromatic heterocycles. The Bertz CT molecular complexity index is 1490. The number of aliphatic hydroxyl groups excluding tert-OH is 1. The summed E-state index contributed by atoms with van der Waals surface area (Å²) in [5.41, 5.74) is 2.73. The maximum atomic E-state index is 13.3. The summed E-state index contributed by atoms with van der Waals surface area (Å²) >= 11 is 0. The third kappa shape index (κ3) is 7.87. The van der Waals surface area contributed by atoms with Gasteiger partial charge in [0.1, 0.15) is 28.6 Å². The fourth-order valence-electron chi connectivity index (χ4n) is 4.73. The number of aryl methyl sites for hydroxylation is 1. The van der Waals surface area contributed by atoms with Crippen molar-refractivity contribution < 1.29 is 30.0 Å². The summed E-state index contributed by atoms with van der Waals surface area (Å²) in [7, 11) is 1.36. The first kappa shape index (κ1) is 29.2. The van der Waals surface area contributed by atoms with Crippen molar-refractivity contribution in [3.63, 3.8) is 0 Å². The van der Waals surface area contributed by atoms with E-state index in [0.29, 0.717) is 12.8 Å². The van der Waals surface area contributed by atoms with E-state index in [1.807, 2.05) is 60.7 Å². The molecule has 4 aromatic rings. The van der Waals surface area contributed by atoms with Gasteiger partial charge in [-0.2, -0.15) is 0 Å². The van der Waals surface area contributed by atoms with E-state index >= 15 is 0 Å². The second-order valence-electron chi connectivity index (χ2n) is 9.81. The van der Waals surface area contributed by atoms with Crippen LogP contribution in [0.25, 0.3) is 12.2 Å². The zero-order valence-corrected chi connectivity index (χ0v) is 22.9. The number of hydrogen-bond donors (Lipinski definition) is 4. The van der Waals surface area contributed by atoms with Gasteiger partial charge in [-0.15, -0.1) is 0 Å². The molecule has 0 spiro atoms. The van der Waals surface area contributed by atoms with Gasteiger partial charge in [-0.3, -0.25) is 4.79 Å². The number of phenols is 3. The van der Waals surface area contributed by atoms with Crippen molar-refractivity contribution in [1.82, 2.24) is 0 Å². The van der Waals surface area contributed by atoms with Crippen molar-refractivity contribution in [1.29, 1.82) is 0 Å². The molecule has 41 heavy (non-hydrogen) atoms. The number of methoxy groups -OCH3 is 1. The Hall–Kier alpha value is -4.81. The molecule has 0 aliphatic carbocycles. The van der Waals surface area contributed by atoms with E-state index in [1.54, 1.807) is 42.5 Å². The molecule has 4 N–H and O–H groups in total. The summed E-state index contributed by atoms with van der Waals surface area (Å²) in [6, 6.07) is 27.0. The number of carbonyl (C=O) groups excluding carboxylic acids is 1. The molecule has 4 rings (SSSR count). The highest BCUT2D eigenvalue weighted by atomic mass is 16.5. The van der Waals surface area contributed by atoms with Crippen molar-refractivity contribution in [2.75, 3.05) is 7.11 Å². The Kier molecular flexibility index (Phi) is 9.97. The lowest BCUT2D eigenvalue weighted by Crippen LogP contribution is -2.14. The van der Waals surface area contributed by atoms with Crippen LogP contribution in [0.3, 0.4) is 0 Å². The highest BCUT2D eigenvalue weighted by molar-refractivity contribution is 6.11. The smallest absolute Gasteiger partial charge is 0.193 e. The monoisotopic (exact) mass is 550 g/mol. The van der Waals surface area contributed by atoms with Crippen LogP contribution in [-0.2, 0) is 6.42 Å². The largest absolute Gasteiger partial charge is 0.508 e. The highest BCUT2D eigenvalue weighted by Gasteiger charge is 2.27. The van der Waals surface area contributed by atoms with Gasteiger partial charge in [0.2, 0.25) is 0 Å². The quantitative estimate of drug-likeness (QED) is 0.113. The van der Waals surface area contributed by atoms with Crippen LogP contribution in [0.15, 0.2) is 103 Å². The Balaban J connectivity index is 1.69. The molecule has 0 heterocycles. The molecule has 4 aromatic carbocycles. The number of ketones is 1. The Morgan fingerprint density at radius 1 is 0.854 bits per heavy atom. The van der Waals surface area contributed by atoms with E-state index in [0.717, 1.165) is 16.7 Å². The highest BCUT2D eigenvalue weighted by Crippen LogP contribution is 2.44. The number of ether oxygens (including phenoxy) is 1. The lowest BCUT2D eigenvalue weighted by Gasteiger charge is -2.22. The molecular weight excluding hydrogens is 516 g/mol. The molecule has 2 atom stereocenters. The first-order valence-electron chi connectivity index (χ1n) is 13.4. The summed E-state index contributed by atoms with van der Waals surface area (Å²) in [4.78, 5) is 13.3. The van der Waals surface area contributed by atoms with Gasteiger partial charge in [0.05, 0.1) is 13.2 Å². The first-order chi connectivity index (χ1) is 19.9. The summed E-state index contributed by atoms with van der Waals surface area (Å²) < 4.78 is 5.36. The van der Waals surface area contributed by atoms with Crippen molar-refractivity contribution >= 4 is 17.9 Å². The molecule has 0 saturated heterocycles. The SMILES string of the molecule is COc1cc(O)c([C@@H](/C=C/c2ccc(O)cc2)C[C@@H](O)CCc2ccccc2)c(O)c1C(=O)/C=C/c1ccccc1. The van der Waals surface area contributed by atoms with E-state index in [-0.39, 0.29) is 34.8 Å². The molecular formula is C35H34O6. The zero-order chi connectivity index (χ0) is 29.2. The summed E-state index contributed by atoms with van der Waals surface area (Å²) in [5.74, 6) is -1.62. The predicted molar refractivity (Wildman–Crippen MR) is 161 cm³/mol. The first-order valence-corrected chi connectivity index (χ1v) is 13.4. The van der Waals surface area contributed by atoms with E-state index in [9.17, 15) is 25.2 Å². The average Bonchev–Trinajstić information content (AvgIpc) is 2.99. The molecule has 0 fully saturated rings. The van der Waals surface area contributed by atoms with Crippen LogP contribution in [0.4, 0.5) is 0 Å². The molecule has 0 unspecified atom stereocenters. The van der Waals surface area contributed by atoms with Crippen LogP contribution in [0.5, 0.6) is 23.0 Å². The lowest BCUT2D eigenvalue weighted by molar-refractivity contribution is 0.104. The fourth-order valence-corrected chi connectivity index (χ4v) is 4.73. The van der Waals surface area contributed by atoms with Crippen LogP contribution in [-0.4, -0.2) is 39.4 Å². The zero-order valence-electron chi connectivity index (χ0n) is 22.9. The summed E-state index contributed by atoms with van der Waals surface area (Å²) in [6.45, 7) is 0. The van der Waals surface area contributed by atoms with Gasteiger partial charge in [-0.05, 0) is 54.2 Å². The Morgan fingerprint density at radius 2 is 1.49 bits per heavy atom. The molecule has 6 nitrogen and oxygen atoms in total. The standard InChI is InChI=1S/C35H34O6/c1-41-32-23-31(39)33(35(40)34(32)30(38)21-16-25-10-6-3-7-11-25)27(17-12-26-13-18-28(36)19-14-26)22-29(37)20-15-24-8-4-2-5-9-24/h2-14,16-19,21,23,27,29,36-37,39-40H,15,20,22H2,1H3/b17-12+,21-16+/t27-,29-/m0/s1. The van der Waals surface area contributed by atoms with Gasteiger partial charge in [0, 0.05) is 17.5 Å². The van der Waals surface area contributed by atoms with Crippen molar-refractivity contribution in [3.05, 3.63) is 131 Å². The number of hydrogen-bond acceptors (Lipinski definition) is 6. The normalized spacial score (nSPS) is 12.9. The second-order valence-corrected chi connectivity index (χ2v) is 9.81. The number of allylic oxidation sites excluding steroid dienone is 2. The minimum Gasteiger partial charge on any atom is -0.508 e. The third-order valence-electron chi connectivity index (χ3n) is 6.90. The lowest BCUT2D eigenvalue weighted by atomic mass is 9.87. The molecule has 0 aliphatic rings. The topological polar surface area (TPSA) is 107 Å². The van der Waals surface area contributed by atoms with Crippen LogP contribution < -0.4 is 4.74 Å². The Labute approximate surface area is 240 Å². The number of phenolic OH excluding ortho intramolecular Hbond substituents is 3. The number of benzene rings is 4. The molecule has 0 bridgehead atoms.